The van der Waals surface area contributed by atoms with Crippen LogP contribution in [0.25, 0.3) is 10.9 Å². The average Bonchev–Trinajstić information content (AvgIpc) is 3.09. The second-order valence-electron chi connectivity index (χ2n) is 8.08. The van der Waals surface area contributed by atoms with E-state index < -0.39 is 0 Å². The molecule has 28 heavy (non-hydrogen) atoms. The minimum absolute atomic E-state index is 0.151. The van der Waals surface area contributed by atoms with Crippen LogP contribution in [0, 0.1) is 0 Å². The van der Waals surface area contributed by atoms with Crippen LogP contribution in [-0.4, -0.2) is 16.5 Å². The molecule has 4 heteroatoms. The highest BCUT2D eigenvalue weighted by Gasteiger charge is 2.27. The van der Waals surface area contributed by atoms with E-state index in [0.29, 0.717) is 5.69 Å². The van der Waals surface area contributed by atoms with Crippen LogP contribution >= 0.6 is 0 Å². The maximum atomic E-state index is 12.4. The van der Waals surface area contributed by atoms with Gasteiger partial charge in [0.2, 0.25) is 0 Å². The van der Waals surface area contributed by atoms with Gasteiger partial charge in [-0.3, -0.25) is 4.79 Å². The van der Waals surface area contributed by atoms with E-state index in [0.717, 1.165) is 36.6 Å². The van der Waals surface area contributed by atoms with Gasteiger partial charge in [0.15, 0.2) is 0 Å². The molecule has 1 aliphatic rings. The molecule has 2 unspecified atom stereocenters. The number of aryl methyl sites for hydroxylation is 1. The third kappa shape index (κ3) is 3.12. The third-order valence-corrected chi connectivity index (χ3v) is 6.39. The molecule has 1 amide bonds. The summed E-state index contributed by atoms with van der Waals surface area (Å²) in [5.74, 6) is -0.109. The second kappa shape index (κ2) is 7.44. The molecule has 0 fully saturated rings. The van der Waals surface area contributed by atoms with E-state index in [1.807, 2.05) is 12.1 Å². The Morgan fingerprint density at radius 2 is 1.96 bits per heavy atom. The highest BCUT2D eigenvalue weighted by Crippen LogP contribution is 2.38. The summed E-state index contributed by atoms with van der Waals surface area (Å²) in [6.45, 7) is 4.41. The number of carbonyl (C=O) groups excluding carboxylic acids is 1. The maximum Gasteiger partial charge on any atom is 0.265 e. The maximum absolute atomic E-state index is 12.4. The van der Waals surface area contributed by atoms with Crippen molar-refractivity contribution in [2.75, 3.05) is 0 Å². The van der Waals surface area contributed by atoms with Crippen LogP contribution in [0.15, 0.2) is 48.5 Å². The number of nitrogens with two attached hydrogens (primary N) is 2. The van der Waals surface area contributed by atoms with Crippen molar-refractivity contribution < 1.29 is 4.79 Å². The summed E-state index contributed by atoms with van der Waals surface area (Å²) in [6, 6.07) is 17.2. The summed E-state index contributed by atoms with van der Waals surface area (Å²) in [4.78, 5) is 12.4. The van der Waals surface area contributed by atoms with Gasteiger partial charge in [0, 0.05) is 28.9 Å². The Morgan fingerprint density at radius 1 is 1.21 bits per heavy atom. The molecule has 4 nitrogen and oxygen atoms in total. The lowest BCUT2D eigenvalue weighted by Gasteiger charge is -2.28. The monoisotopic (exact) mass is 375 g/mol. The number of rotatable bonds is 5. The van der Waals surface area contributed by atoms with Crippen LogP contribution < -0.4 is 11.5 Å². The standard InChI is InChI=1S/C24H29N3O/c1-3-21(15(2)16-7-5-4-6-8-16)27-22-12-10-17-9-11-18(25)13-19(17)20(22)14-23(27)24(26)28/h4-8,10,12,14-15,18,21H,3,9,11,13,25H2,1-2H3,(H2,26,28)/t15-,18?,21?/m0/s1. The van der Waals surface area contributed by atoms with E-state index in [-0.39, 0.29) is 23.9 Å². The Morgan fingerprint density at radius 3 is 2.64 bits per heavy atom. The number of hydrogen-bond acceptors (Lipinski definition) is 2. The van der Waals surface area contributed by atoms with Gasteiger partial charge in [-0.2, -0.15) is 0 Å². The lowest BCUT2D eigenvalue weighted by atomic mass is 9.86. The predicted molar refractivity (Wildman–Crippen MR) is 115 cm³/mol. The van der Waals surface area contributed by atoms with Crippen LogP contribution in [0.2, 0.25) is 0 Å². The fraction of sp³-hybridized carbons (Fsp3) is 0.375. The van der Waals surface area contributed by atoms with Crippen molar-refractivity contribution in [1.82, 2.24) is 4.57 Å². The second-order valence-corrected chi connectivity index (χ2v) is 8.08. The molecule has 0 saturated heterocycles. The molecule has 0 saturated carbocycles. The molecule has 0 radical (unpaired) electrons. The number of fused-ring (bicyclic) bond motifs is 3. The lowest BCUT2D eigenvalue weighted by Crippen LogP contribution is -2.28. The van der Waals surface area contributed by atoms with Gasteiger partial charge >= 0.3 is 0 Å². The van der Waals surface area contributed by atoms with Gasteiger partial charge in [0.1, 0.15) is 5.69 Å². The molecule has 3 aromatic rings. The first-order valence-corrected chi connectivity index (χ1v) is 10.3. The van der Waals surface area contributed by atoms with Crippen molar-refractivity contribution in [3.05, 3.63) is 70.9 Å². The molecule has 0 spiro atoms. The van der Waals surface area contributed by atoms with Gasteiger partial charge in [-0.25, -0.2) is 0 Å². The number of nitrogens with zero attached hydrogens (tertiary/aromatic N) is 1. The number of amides is 1. The van der Waals surface area contributed by atoms with Crippen LogP contribution in [0.4, 0.5) is 0 Å². The van der Waals surface area contributed by atoms with E-state index >= 15 is 0 Å². The minimum Gasteiger partial charge on any atom is -0.364 e. The smallest absolute Gasteiger partial charge is 0.265 e. The molecule has 146 valence electrons. The number of hydrogen-bond donors (Lipinski definition) is 2. The number of aromatic nitrogens is 1. The summed E-state index contributed by atoms with van der Waals surface area (Å²) in [6.07, 6.45) is 3.79. The van der Waals surface area contributed by atoms with Crippen LogP contribution in [0.3, 0.4) is 0 Å². The van der Waals surface area contributed by atoms with Crippen molar-refractivity contribution in [3.63, 3.8) is 0 Å². The molecule has 3 atom stereocenters. The Bertz CT molecular complexity index is 1010. The van der Waals surface area contributed by atoms with Crippen molar-refractivity contribution in [1.29, 1.82) is 0 Å². The van der Waals surface area contributed by atoms with E-state index in [2.05, 4.69) is 54.8 Å². The summed E-state index contributed by atoms with van der Waals surface area (Å²) < 4.78 is 2.18. The Hall–Kier alpha value is -2.59. The zero-order valence-corrected chi connectivity index (χ0v) is 16.7. The van der Waals surface area contributed by atoms with Gasteiger partial charge < -0.3 is 16.0 Å². The van der Waals surface area contributed by atoms with Crippen LogP contribution in [0.1, 0.15) is 65.8 Å². The molecule has 4 N–H and O–H groups in total. The molecule has 4 rings (SSSR count). The van der Waals surface area contributed by atoms with Crippen LogP contribution in [-0.2, 0) is 12.8 Å². The van der Waals surface area contributed by atoms with Crippen LogP contribution in [0.5, 0.6) is 0 Å². The Kier molecular flexibility index (Phi) is 4.98. The first-order valence-electron chi connectivity index (χ1n) is 10.3. The third-order valence-electron chi connectivity index (χ3n) is 6.39. The molecule has 0 aliphatic heterocycles. The largest absolute Gasteiger partial charge is 0.364 e. The summed E-state index contributed by atoms with van der Waals surface area (Å²) in [7, 11) is 0. The van der Waals surface area contributed by atoms with Crippen molar-refractivity contribution in [3.8, 4) is 0 Å². The number of carbonyl (C=O) groups is 1. The zero-order valence-electron chi connectivity index (χ0n) is 16.7. The fourth-order valence-corrected chi connectivity index (χ4v) is 4.87. The molecule has 2 aromatic carbocycles. The molecule has 0 bridgehead atoms. The van der Waals surface area contributed by atoms with Gasteiger partial charge in [0.25, 0.3) is 5.91 Å². The zero-order chi connectivity index (χ0) is 19.8. The molecule has 1 aromatic heterocycles. The van der Waals surface area contributed by atoms with E-state index in [9.17, 15) is 4.79 Å². The Labute approximate surface area is 166 Å². The van der Waals surface area contributed by atoms with Gasteiger partial charge in [-0.15, -0.1) is 0 Å². The molecule has 1 aliphatic carbocycles. The highest BCUT2D eigenvalue weighted by atomic mass is 16.1. The summed E-state index contributed by atoms with van der Waals surface area (Å²) in [5.41, 5.74) is 17.7. The van der Waals surface area contributed by atoms with Crippen molar-refractivity contribution in [2.24, 2.45) is 11.5 Å². The topological polar surface area (TPSA) is 74.0 Å². The average molecular weight is 376 g/mol. The first kappa shape index (κ1) is 18.8. The Balaban J connectivity index is 1.90. The van der Waals surface area contributed by atoms with Crippen molar-refractivity contribution in [2.45, 2.75) is 57.5 Å². The number of primary amides is 1. The normalized spacial score (nSPS) is 18.6. The summed E-state index contributed by atoms with van der Waals surface area (Å²) >= 11 is 0. The fourth-order valence-electron chi connectivity index (χ4n) is 4.87. The van der Waals surface area contributed by atoms with Gasteiger partial charge in [0.05, 0.1) is 0 Å². The van der Waals surface area contributed by atoms with Crippen molar-refractivity contribution >= 4 is 16.8 Å². The molecule has 1 heterocycles. The van der Waals surface area contributed by atoms with E-state index in [4.69, 9.17) is 11.5 Å². The highest BCUT2D eigenvalue weighted by molar-refractivity contribution is 5.99. The van der Waals surface area contributed by atoms with E-state index in [1.54, 1.807) is 0 Å². The summed E-state index contributed by atoms with van der Waals surface area (Å²) in [5, 5.41) is 1.14. The predicted octanol–water partition coefficient (Wildman–Crippen LogP) is 4.31. The quantitative estimate of drug-likeness (QED) is 0.697. The molecular weight excluding hydrogens is 346 g/mol. The lowest BCUT2D eigenvalue weighted by molar-refractivity contribution is 0.0989. The SMILES string of the molecule is CCC([C@@H](C)c1ccccc1)n1c(C(N)=O)cc2c3c(ccc21)CCC(N)C3. The van der Waals surface area contributed by atoms with E-state index in [1.165, 1.54) is 16.7 Å². The number of benzene rings is 2. The van der Waals surface area contributed by atoms with Gasteiger partial charge in [-0.1, -0.05) is 50.2 Å². The molecular formula is C24H29N3O. The minimum atomic E-state index is -0.372. The first-order chi connectivity index (χ1) is 13.5. The van der Waals surface area contributed by atoms with Gasteiger partial charge in [-0.05, 0) is 54.5 Å².